The van der Waals surface area contributed by atoms with Gasteiger partial charge >= 0.3 is 0 Å². The Morgan fingerprint density at radius 3 is 2.50 bits per heavy atom. The molecule has 0 aromatic heterocycles. The number of hydrogen-bond donors (Lipinski definition) is 1. The van der Waals surface area contributed by atoms with E-state index in [2.05, 4.69) is 6.92 Å². The van der Waals surface area contributed by atoms with E-state index in [4.69, 9.17) is 5.73 Å². The topological polar surface area (TPSA) is 63.4 Å². The fraction of sp³-hybridized carbons (Fsp3) is 0.538. The second-order valence-corrected chi connectivity index (χ2v) is 6.86. The van der Waals surface area contributed by atoms with Crippen LogP contribution in [0.1, 0.15) is 25.8 Å². The van der Waals surface area contributed by atoms with Crippen molar-refractivity contribution in [3.8, 4) is 0 Å². The lowest BCUT2D eigenvalue weighted by molar-refractivity contribution is 0.393. The summed E-state index contributed by atoms with van der Waals surface area (Å²) in [5.74, 6) is 0.340. The highest BCUT2D eigenvalue weighted by Gasteiger charge is 2.22. The minimum absolute atomic E-state index is 0.261. The van der Waals surface area contributed by atoms with Gasteiger partial charge in [-0.05, 0) is 30.5 Å². The lowest BCUT2D eigenvalue weighted by atomic mass is 10.1. The van der Waals surface area contributed by atoms with Gasteiger partial charge < -0.3 is 5.73 Å². The van der Waals surface area contributed by atoms with Crippen LogP contribution in [0.15, 0.2) is 23.1 Å². The average molecular weight is 270 g/mol. The van der Waals surface area contributed by atoms with Crippen LogP contribution in [0.4, 0.5) is 5.69 Å². The largest absolute Gasteiger partial charge is 0.398 e. The summed E-state index contributed by atoms with van der Waals surface area (Å²) < 4.78 is 26.0. The van der Waals surface area contributed by atoms with Crippen LogP contribution in [0.2, 0.25) is 0 Å². The number of benzene rings is 1. The van der Waals surface area contributed by atoms with Crippen LogP contribution in [-0.4, -0.2) is 26.3 Å². The SMILES string of the molecule is CCC(C)CN(C)S(=O)(=O)c1ccc(C)c(N)c1. The van der Waals surface area contributed by atoms with Crippen molar-refractivity contribution in [2.45, 2.75) is 32.1 Å². The molecule has 1 atom stereocenters. The normalized spacial score (nSPS) is 13.8. The first-order valence-corrected chi connectivity index (χ1v) is 7.55. The van der Waals surface area contributed by atoms with Crippen LogP contribution >= 0.6 is 0 Å². The van der Waals surface area contributed by atoms with Crippen molar-refractivity contribution in [2.24, 2.45) is 5.92 Å². The maximum atomic E-state index is 12.3. The molecule has 102 valence electrons. The zero-order valence-corrected chi connectivity index (χ0v) is 12.3. The van der Waals surface area contributed by atoms with Gasteiger partial charge in [-0.2, -0.15) is 0 Å². The first-order valence-electron chi connectivity index (χ1n) is 6.11. The van der Waals surface area contributed by atoms with Gasteiger partial charge in [-0.25, -0.2) is 12.7 Å². The number of hydrogen-bond acceptors (Lipinski definition) is 3. The summed E-state index contributed by atoms with van der Waals surface area (Å²) in [5.41, 5.74) is 7.16. The zero-order valence-electron chi connectivity index (χ0n) is 11.5. The smallest absolute Gasteiger partial charge is 0.242 e. The van der Waals surface area contributed by atoms with Gasteiger partial charge in [0.2, 0.25) is 10.0 Å². The van der Waals surface area contributed by atoms with E-state index < -0.39 is 10.0 Å². The Bertz CT molecular complexity index is 512. The minimum Gasteiger partial charge on any atom is -0.398 e. The molecule has 0 aliphatic heterocycles. The van der Waals surface area contributed by atoms with E-state index in [-0.39, 0.29) is 4.90 Å². The summed E-state index contributed by atoms with van der Waals surface area (Å²) in [5, 5.41) is 0. The third-order valence-corrected chi connectivity index (χ3v) is 5.04. The molecule has 2 N–H and O–H groups in total. The van der Waals surface area contributed by atoms with E-state index in [0.717, 1.165) is 12.0 Å². The number of nitrogens with two attached hydrogens (primary N) is 1. The molecule has 1 unspecified atom stereocenters. The third-order valence-electron chi connectivity index (χ3n) is 3.22. The zero-order chi connectivity index (χ0) is 13.9. The van der Waals surface area contributed by atoms with Crippen LogP contribution in [0, 0.1) is 12.8 Å². The first kappa shape index (κ1) is 15.0. The van der Waals surface area contributed by atoms with Crippen molar-refractivity contribution >= 4 is 15.7 Å². The van der Waals surface area contributed by atoms with Gasteiger partial charge in [0.25, 0.3) is 0 Å². The monoisotopic (exact) mass is 270 g/mol. The van der Waals surface area contributed by atoms with Gasteiger partial charge in [-0.15, -0.1) is 0 Å². The predicted octanol–water partition coefficient (Wildman–Crippen LogP) is 2.24. The summed E-state index contributed by atoms with van der Waals surface area (Å²) >= 11 is 0. The van der Waals surface area contributed by atoms with Crippen molar-refractivity contribution < 1.29 is 8.42 Å². The lowest BCUT2D eigenvalue weighted by Gasteiger charge is -2.20. The molecule has 0 heterocycles. The highest BCUT2D eigenvalue weighted by atomic mass is 32.2. The molecule has 0 spiro atoms. The molecule has 0 radical (unpaired) electrons. The molecule has 1 aromatic carbocycles. The molecule has 0 saturated carbocycles. The lowest BCUT2D eigenvalue weighted by Crippen LogP contribution is -2.31. The Morgan fingerprint density at radius 1 is 1.39 bits per heavy atom. The molecular weight excluding hydrogens is 248 g/mol. The van der Waals surface area contributed by atoms with Crippen LogP contribution < -0.4 is 5.73 Å². The predicted molar refractivity (Wildman–Crippen MR) is 74.9 cm³/mol. The summed E-state index contributed by atoms with van der Waals surface area (Å²) in [7, 11) is -1.82. The molecule has 1 aromatic rings. The van der Waals surface area contributed by atoms with Crippen LogP contribution in [-0.2, 0) is 10.0 Å². The number of nitrogens with zero attached hydrogens (tertiary/aromatic N) is 1. The van der Waals surface area contributed by atoms with Crippen molar-refractivity contribution in [1.82, 2.24) is 4.31 Å². The molecule has 18 heavy (non-hydrogen) atoms. The van der Waals surface area contributed by atoms with Gasteiger partial charge in [0, 0.05) is 19.3 Å². The fourth-order valence-electron chi connectivity index (χ4n) is 1.63. The maximum Gasteiger partial charge on any atom is 0.242 e. The molecule has 0 aliphatic rings. The fourth-order valence-corrected chi connectivity index (χ4v) is 2.95. The molecule has 0 fully saturated rings. The van der Waals surface area contributed by atoms with Gasteiger partial charge in [-0.1, -0.05) is 26.3 Å². The number of nitrogen functional groups attached to an aromatic ring is 1. The van der Waals surface area contributed by atoms with E-state index in [1.807, 2.05) is 13.8 Å². The van der Waals surface area contributed by atoms with Gasteiger partial charge in [0.05, 0.1) is 4.90 Å². The summed E-state index contributed by atoms with van der Waals surface area (Å²) in [6.07, 6.45) is 0.954. The number of aryl methyl sites for hydroxylation is 1. The van der Waals surface area contributed by atoms with E-state index in [1.165, 1.54) is 10.4 Å². The van der Waals surface area contributed by atoms with Crippen LogP contribution in [0.3, 0.4) is 0 Å². The Morgan fingerprint density at radius 2 is 2.00 bits per heavy atom. The van der Waals surface area contributed by atoms with Crippen LogP contribution in [0.5, 0.6) is 0 Å². The Labute approximate surface area is 110 Å². The van der Waals surface area contributed by atoms with E-state index in [1.54, 1.807) is 19.2 Å². The molecule has 5 heteroatoms. The number of sulfonamides is 1. The molecule has 0 aliphatic carbocycles. The summed E-state index contributed by atoms with van der Waals surface area (Å²) in [6, 6.07) is 4.87. The highest BCUT2D eigenvalue weighted by Crippen LogP contribution is 2.21. The Balaban J connectivity index is 3.02. The minimum atomic E-state index is -3.43. The van der Waals surface area contributed by atoms with Gasteiger partial charge in [-0.3, -0.25) is 0 Å². The van der Waals surface area contributed by atoms with E-state index >= 15 is 0 Å². The van der Waals surface area contributed by atoms with Crippen molar-refractivity contribution in [3.05, 3.63) is 23.8 Å². The second-order valence-electron chi connectivity index (χ2n) is 4.82. The summed E-state index contributed by atoms with van der Waals surface area (Å²) in [4.78, 5) is 0.261. The van der Waals surface area contributed by atoms with Crippen molar-refractivity contribution in [2.75, 3.05) is 19.3 Å². The number of anilines is 1. The average Bonchev–Trinajstić information content (AvgIpc) is 2.32. The highest BCUT2D eigenvalue weighted by molar-refractivity contribution is 7.89. The Hall–Kier alpha value is -1.07. The molecule has 0 amide bonds. The van der Waals surface area contributed by atoms with Gasteiger partial charge in [0.15, 0.2) is 0 Å². The van der Waals surface area contributed by atoms with Crippen LogP contribution in [0.25, 0.3) is 0 Å². The quantitative estimate of drug-likeness (QED) is 0.835. The third kappa shape index (κ3) is 3.23. The molecule has 0 bridgehead atoms. The van der Waals surface area contributed by atoms with Crippen molar-refractivity contribution in [1.29, 1.82) is 0 Å². The number of rotatable bonds is 5. The molecular formula is C13H22N2O2S. The second kappa shape index (κ2) is 5.71. The molecule has 1 rings (SSSR count). The van der Waals surface area contributed by atoms with E-state index in [0.29, 0.717) is 18.2 Å². The molecule has 0 saturated heterocycles. The van der Waals surface area contributed by atoms with Crippen molar-refractivity contribution in [3.63, 3.8) is 0 Å². The van der Waals surface area contributed by atoms with Gasteiger partial charge in [0.1, 0.15) is 0 Å². The Kier molecular flexibility index (Phi) is 4.76. The molecule has 4 nitrogen and oxygen atoms in total. The first-order chi connectivity index (χ1) is 8.28. The summed E-state index contributed by atoms with van der Waals surface area (Å²) in [6.45, 7) is 6.46. The van der Waals surface area contributed by atoms with E-state index in [9.17, 15) is 8.42 Å². The maximum absolute atomic E-state index is 12.3. The standard InChI is InChI=1S/C13H22N2O2S/c1-5-10(2)9-15(4)18(16,17)12-7-6-11(3)13(14)8-12/h6-8,10H,5,9,14H2,1-4H3.